The number of aromatic nitrogens is 1. The molecule has 1 saturated heterocycles. The quantitative estimate of drug-likeness (QED) is 0.812. The Bertz CT molecular complexity index is 612. The van der Waals surface area contributed by atoms with Crippen molar-refractivity contribution in [3.63, 3.8) is 0 Å². The number of hydrogen-bond acceptors (Lipinski definition) is 5. The Morgan fingerprint density at radius 3 is 2.50 bits per heavy atom. The summed E-state index contributed by atoms with van der Waals surface area (Å²) in [5, 5.41) is 2.70. The standard InChI is InChI=1S/C16H22N4O4/c1-12(21)19-8-10-20(11-9-19)14(22)5-7-17-15(23)13-4-3-6-18-16(13)24-2/h3-4,6H,5,7-11H2,1-2H3,(H,17,23). The number of carbonyl (C=O) groups is 3. The molecule has 2 heterocycles. The second kappa shape index (κ2) is 8.28. The van der Waals surface area contributed by atoms with Gasteiger partial charge >= 0.3 is 0 Å². The number of piperazine rings is 1. The smallest absolute Gasteiger partial charge is 0.256 e. The van der Waals surface area contributed by atoms with Gasteiger partial charge in [-0.05, 0) is 12.1 Å². The van der Waals surface area contributed by atoms with Crippen molar-refractivity contribution >= 4 is 17.7 Å². The molecule has 1 aromatic rings. The van der Waals surface area contributed by atoms with Gasteiger partial charge in [0.15, 0.2) is 0 Å². The fourth-order valence-corrected chi connectivity index (χ4v) is 2.53. The van der Waals surface area contributed by atoms with Gasteiger partial charge in [0, 0.05) is 52.3 Å². The highest BCUT2D eigenvalue weighted by Gasteiger charge is 2.22. The zero-order valence-corrected chi connectivity index (χ0v) is 13.9. The van der Waals surface area contributed by atoms with E-state index in [0.717, 1.165) is 0 Å². The van der Waals surface area contributed by atoms with Gasteiger partial charge in [0.05, 0.1) is 7.11 Å². The highest BCUT2D eigenvalue weighted by molar-refractivity contribution is 5.96. The normalized spacial score (nSPS) is 14.2. The molecule has 1 aliphatic heterocycles. The molecule has 3 amide bonds. The molecule has 1 aromatic heterocycles. The zero-order valence-electron chi connectivity index (χ0n) is 13.9. The van der Waals surface area contributed by atoms with Crippen molar-refractivity contribution in [2.45, 2.75) is 13.3 Å². The third kappa shape index (κ3) is 4.43. The molecule has 0 atom stereocenters. The largest absolute Gasteiger partial charge is 0.480 e. The summed E-state index contributed by atoms with van der Waals surface area (Å²) in [5.41, 5.74) is 0.336. The number of nitrogens with one attached hydrogen (secondary N) is 1. The third-order valence-electron chi connectivity index (χ3n) is 3.91. The molecule has 0 aromatic carbocycles. The first kappa shape index (κ1) is 17.7. The van der Waals surface area contributed by atoms with Crippen molar-refractivity contribution in [2.24, 2.45) is 0 Å². The number of hydrogen-bond donors (Lipinski definition) is 1. The van der Waals surface area contributed by atoms with Gasteiger partial charge in [-0.15, -0.1) is 0 Å². The van der Waals surface area contributed by atoms with Crippen LogP contribution >= 0.6 is 0 Å². The van der Waals surface area contributed by atoms with E-state index in [1.165, 1.54) is 14.0 Å². The van der Waals surface area contributed by atoms with Crippen molar-refractivity contribution < 1.29 is 19.1 Å². The summed E-state index contributed by atoms with van der Waals surface area (Å²) >= 11 is 0. The molecular weight excluding hydrogens is 312 g/mol. The van der Waals surface area contributed by atoms with Gasteiger partial charge < -0.3 is 19.9 Å². The van der Waals surface area contributed by atoms with E-state index in [4.69, 9.17) is 4.74 Å². The Labute approximate surface area is 140 Å². The second-order valence-corrected chi connectivity index (χ2v) is 5.45. The van der Waals surface area contributed by atoms with E-state index in [9.17, 15) is 14.4 Å². The first-order valence-corrected chi connectivity index (χ1v) is 7.83. The van der Waals surface area contributed by atoms with Crippen LogP contribution in [0.15, 0.2) is 18.3 Å². The summed E-state index contributed by atoms with van der Waals surface area (Å²) in [5.74, 6) is -0.0766. The molecule has 1 aliphatic rings. The van der Waals surface area contributed by atoms with Gasteiger partial charge in [-0.25, -0.2) is 4.98 Å². The molecule has 0 aliphatic carbocycles. The number of pyridine rings is 1. The number of amides is 3. The first-order chi connectivity index (χ1) is 11.5. The lowest BCUT2D eigenvalue weighted by Gasteiger charge is -2.34. The maximum atomic E-state index is 12.1. The van der Waals surface area contributed by atoms with Crippen LogP contribution < -0.4 is 10.1 Å². The van der Waals surface area contributed by atoms with Crippen LogP contribution in [0.4, 0.5) is 0 Å². The van der Waals surface area contributed by atoms with Crippen molar-refractivity contribution in [1.29, 1.82) is 0 Å². The molecule has 24 heavy (non-hydrogen) atoms. The van der Waals surface area contributed by atoms with Crippen molar-refractivity contribution in [2.75, 3.05) is 39.8 Å². The van der Waals surface area contributed by atoms with Crippen LogP contribution in [-0.2, 0) is 9.59 Å². The van der Waals surface area contributed by atoms with Crippen molar-refractivity contribution in [3.8, 4) is 5.88 Å². The van der Waals surface area contributed by atoms with Gasteiger partial charge in [0.2, 0.25) is 17.7 Å². The van der Waals surface area contributed by atoms with E-state index in [2.05, 4.69) is 10.3 Å². The Hall–Kier alpha value is -2.64. The lowest BCUT2D eigenvalue weighted by atomic mass is 10.2. The van der Waals surface area contributed by atoms with Crippen LogP contribution in [-0.4, -0.2) is 72.3 Å². The van der Waals surface area contributed by atoms with Gasteiger partial charge in [-0.2, -0.15) is 0 Å². The van der Waals surface area contributed by atoms with E-state index >= 15 is 0 Å². The number of rotatable bonds is 5. The Kier molecular flexibility index (Phi) is 6.11. The van der Waals surface area contributed by atoms with Crippen LogP contribution in [0.5, 0.6) is 5.88 Å². The lowest BCUT2D eigenvalue weighted by Crippen LogP contribution is -2.50. The van der Waals surface area contributed by atoms with E-state index in [1.807, 2.05) is 0 Å². The summed E-state index contributed by atoms with van der Waals surface area (Å²) in [4.78, 5) is 42.9. The topological polar surface area (TPSA) is 91.8 Å². The average Bonchev–Trinajstić information content (AvgIpc) is 2.61. The summed E-state index contributed by atoms with van der Waals surface area (Å²) in [7, 11) is 1.45. The highest BCUT2D eigenvalue weighted by Crippen LogP contribution is 2.13. The molecule has 8 heteroatoms. The predicted octanol–water partition coefficient (Wildman–Crippen LogP) is -0.0992. The monoisotopic (exact) mass is 334 g/mol. The predicted molar refractivity (Wildman–Crippen MR) is 86.6 cm³/mol. The Morgan fingerprint density at radius 2 is 1.88 bits per heavy atom. The zero-order chi connectivity index (χ0) is 17.5. The van der Waals surface area contributed by atoms with E-state index in [1.54, 1.807) is 28.1 Å². The molecule has 1 fully saturated rings. The van der Waals surface area contributed by atoms with Gasteiger partial charge in [-0.1, -0.05) is 0 Å². The van der Waals surface area contributed by atoms with Crippen LogP contribution in [0.2, 0.25) is 0 Å². The molecule has 130 valence electrons. The first-order valence-electron chi connectivity index (χ1n) is 7.83. The maximum Gasteiger partial charge on any atom is 0.256 e. The Balaban J connectivity index is 1.77. The van der Waals surface area contributed by atoms with Gasteiger partial charge in [0.1, 0.15) is 5.56 Å². The summed E-state index contributed by atoms with van der Waals surface area (Å²) in [6.07, 6.45) is 1.76. The van der Waals surface area contributed by atoms with Gasteiger partial charge in [-0.3, -0.25) is 14.4 Å². The van der Waals surface area contributed by atoms with Crippen LogP contribution in [0.1, 0.15) is 23.7 Å². The summed E-state index contributed by atoms with van der Waals surface area (Å²) < 4.78 is 5.04. The molecule has 0 radical (unpaired) electrons. The molecule has 2 rings (SSSR count). The molecule has 8 nitrogen and oxygen atoms in total. The van der Waals surface area contributed by atoms with Crippen LogP contribution in [0.25, 0.3) is 0 Å². The number of nitrogens with zero attached hydrogens (tertiary/aromatic N) is 3. The minimum Gasteiger partial charge on any atom is -0.480 e. The van der Waals surface area contributed by atoms with Gasteiger partial charge in [0.25, 0.3) is 5.91 Å². The highest BCUT2D eigenvalue weighted by atomic mass is 16.5. The maximum absolute atomic E-state index is 12.1. The molecule has 1 N–H and O–H groups in total. The third-order valence-corrected chi connectivity index (χ3v) is 3.91. The molecule has 0 spiro atoms. The lowest BCUT2D eigenvalue weighted by molar-refractivity contribution is -0.138. The van der Waals surface area contributed by atoms with E-state index < -0.39 is 0 Å². The average molecular weight is 334 g/mol. The van der Waals surface area contributed by atoms with Crippen LogP contribution in [0.3, 0.4) is 0 Å². The van der Waals surface area contributed by atoms with E-state index in [-0.39, 0.29) is 36.6 Å². The minimum absolute atomic E-state index is 0.0276. The summed E-state index contributed by atoms with van der Waals surface area (Å²) in [6.45, 7) is 3.94. The van der Waals surface area contributed by atoms with Crippen LogP contribution in [0, 0.1) is 0 Å². The number of carbonyl (C=O) groups excluding carboxylic acids is 3. The molecule has 0 unspecified atom stereocenters. The molecular formula is C16H22N4O4. The minimum atomic E-state index is -0.325. The molecule has 0 bridgehead atoms. The number of ether oxygens (including phenoxy) is 1. The summed E-state index contributed by atoms with van der Waals surface area (Å²) in [6, 6.07) is 3.26. The SMILES string of the molecule is COc1ncccc1C(=O)NCCC(=O)N1CCN(C(C)=O)CC1. The van der Waals surface area contributed by atoms with E-state index in [0.29, 0.717) is 31.7 Å². The second-order valence-electron chi connectivity index (χ2n) is 5.45. The fraction of sp³-hybridized carbons (Fsp3) is 0.500. The Morgan fingerprint density at radius 1 is 1.21 bits per heavy atom. The molecule has 0 saturated carbocycles. The van der Waals surface area contributed by atoms with Crippen molar-refractivity contribution in [3.05, 3.63) is 23.9 Å². The fourth-order valence-electron chi connectivity index (χ4n) is 2.53. The van der Waals surface area contributed by atoms with Crippen molar-refractivity contribution in [1.82, 2.24) is 20.1 Å². The number of methoxy groups -OCH3 is 1.